The molecule has 0 unspecified atom stereocenters. The molecule has 0 radical (unpaired) electrons. The first-order valence-corrected chi connectivity index (χ1v) is 7.01. The molecule has 1 aromatic rings. The van der Waals surface area contributed by atoms with E-state index in [1.54, 1.807) is 6.07 Å². The van der Waals surface area contributed by atoms with E-state index in [9.17, 15) is 13.2 Å². The molecule has 2 heterocycles. The van der Waals surface area contributed by atoms with Gasteiger partial charge in [-0.15, -0.1) is 0 Å². The molecule has 1 atom stereocenters. The largest absolute Gasteiger partial charge is 0.453 e. The smallest absolute Gasteiger partial charge is 0.287 e. The molecule has 18 heavy (non-hydrogen) atoms. The number of amides is 1. The number of ether oxygens (including phenoxy) is 1. The van der Waals surface area contributed by atoms with Crippen molar-refractivity contribution >= 4 is 15.7 Å². The van der Waals surface area contributed by atoms with Gasteiger partial charge in [0.2, 0.25) is 0 Å². The minimum atomic E-state index is -3.17. The van der Waals surface area contributed by atoms with Crippen LogP contribution in [-0.2, 0) is 21.2 Å². The average molecular weight is 271 g/mol. The summed E-state index contributed by atoms with van der Waals surface area (Å²) in [5.74, 6) is 0.130. The fourth-order valence-electron chi connectivity index (χ4n) is 1.63. The van der Waals surface area contributed by atoms with Gasteiger partial charge in [-0.25, -0.2) is 8.42 Å². The summed E-state index contributed by atoms with van der Waals surface area (Å²) in [6.07, 6.45) is 1.45. The van der Waals surface area contributed by atoms with E-state index >= 15 is 0 Å². The molecule has 0 saturated carbocycles. The molecular formula is C11H13NO5S. The summed E-state index contributed by atoms with van der Waals surface area (Å²) in [4.78, 5) is 11.8. The third kappa shape index (κ3) is 2.99. The highest BCUT2D eigenvalue weighted by Gasteiger charge is 2.24. The number of hydrogen-bond donors (Lipinski definition) is 1. The molecule has 6 nitrogen and oxygen atoms in total. The Hall–Kier alpha value is -1.60. The van der Waals surface area contributed by atoms with Crippen LogP contribution in [0.3, 0.4) is 0 Å². The second-order valence-corrected chi connectivity index (χ2v) is 5.87. The molecule has 1 N–H and O–H groups in total. The van der Waals surface area contributed by atoms with Crippen LogP contribution in [0.1, 0.15) is 16.3 Å². The van der Waals surface area contributed by atoms with Gasteiger partial charge in [0.25, 0.3) is 5.91 Å². The highest BCUT2D eigenvalue weighted by Crippen LogP contribution is 2.11. The van der Waals surface area contributed by atoms with Crippen LogP contribution in [0.5, 0.6) is 0 Å². The number of rotatable bonds is 4. The Labute approximate surface area is 105 Å². The lowest BCUT2D eigenvalue weighted by atomic mass is 10.3. The molecule has 0 fully saturated rings. The van der Waals surface area contributed by atoms with Gasteiger partial charge in [-0.3, -0.25) is 4.79 Å². The summed E-state index contributed by atoms with van der Waals surface area (Å²) >= 11 is 0. The van der Waals surface area contributed by atoms with Crippen molar-refractivity contribution in [2.24, 2.45) is 0 Å². The van der Waals surface area contributed by atoms with E-state index in [1.165, 1.54) is 19.3 Å². The fraction of sp³-hybridized carbons (Fsp3) is 0.364. The molecule has 1 amide bonds. The van der Waals surface area contributed by atoms with Crippen molar-refractivity contribution in [3.63, 3.8) is 0 Å². The van der Waals surface area contributed by atoms with Gasteiger partial charge in [0.1, 0.15) is 12.4 Å². The quantitative estimate of drug-likeness (QED) is 0.860. The monoisotopic (exact) mass is 271 g/mol. The van der Waals surface area contributed by atoms with Crippen LogP contribution >= 0.6 is 0 Å². The van der Waals surface area contributed by atoms with Crippen LogP contribution in [0.4, 0.5) is 0 Å². The predicted octanol–water partition coefficient (Wildman–Crippen LogP) is 0.467. The lowest BCUT2D eigenvalue weighted by Crippen LogP contribution is -2.35. The van der Waals surface area contributed by atoms with Crippen LogP contribution in [0.15, 0.2) is 28.0 Å². The van der Waals surface area contributed by atoms with E-state index in [1.807, 2.05) is 0 Å². The Morgan fingerprint density at radius 3 is 2.94 bits per heavy atom. The van der Waals surface area contributed by atoms with E-state index < -0.39 is 21.8 Å². The van der Waals surface area contributed by atoms with E-state index in [4.69, 9.17) is 9.15 Å². The van der Waals surface area contributed by atoms with Gasteiger partial charge >= 0.3 is 0 Å². The summed E-state index contributed by atoms with van der Waals surface area (Å²) in [5, 5.41) is 3.67. The average Bonchev–Trinajstić information content (AvgIpc) is 2.86. The van der Waals surface area contributed by atoms with Crippen molar-refractivity contribution in [1.82, 2.24) is 5.32 Å². The van der Waals surface area contributed by atoms with Crippen LogP contribution in [-0.4, -0.2) is 33.2 Å². The summed E-state index contributed by atoms with van der Waals surface area (Å²) in [5.41, 5.74) is 0. The number of methoxy groups -OCH3 is 1. The maximum Gasteiger partial charge on any atom is 0.287 e. The lowest BCUT2D eigenvalue weighted by Gasteiger charge is -2.07. The fourth-order valence-corrected chi connectivity index (χ4v) is 2.86. The van der Waals surface area contributed by atoms with Gasteiger partial charge in [0, 0.05) is 12.5 Å². The normalized spacial score (nSPS) is 21.1. The zero-order valence-electron chi connectivity index (χ0n) is 9.75. The van der Waals surface area contributed by atoms with Crippen molar-refractivity contribution in [2.45, 2.75) is 12.6 Å². The number of carbonyl (C=O) groups excluding carboxylic acids is 1. The zero-order chi connectivity index (χ0) is 13.2. The number of nitrogens with one attached hydrogen (secondary N) is 1. The second kappa shape index (κ2) is 4.95. The molecule has 1 aliphatic heterocycles. The van der Waals surface area contributed by atoms with Gasteiger partial charge in [0.05, 0.1) is 11.8 Å². The number of hydrogen-bond acceptors (Lipinski definition) is 5. The first kappa shape index (κ1) is 12.8. The van der Waals surface area contributed by atoms with Crippen LogP contribution in [0.25, 0.3) is 0 Å². The second-order valence-electron chi connectivity index (χ2n) is 3.94. The lowest BCUT2D eigenvalue weighted by molar-refractivity contribution is 0.0911. The summed E-state index contributed by atoms with van der Waals surface area (Å²) in [7, 11) is -1.65. The molecule has 0 saturated heterocycles. The first-order chi connectivity index (χ1) is 8.50. The SMILES string of the molecule is COCc1ccc(C(=O)N[C@@H]2C=CS(=O)(=O)C2)o1. The van der Waals surface area contributed by atoms with Gasteiger partial charge in [-0.2, -0.15) is 0 Å². The van der Waals surface area contributed by atoms with Crippen molar-refractivity contribution in [1.29, 1.82) is 0 Å². The highest BCUT2D eigenvalue weighted by atomic mass is 32.2. The summed E-state index contributed by atoms with van der Waals surface area (Å²) in [6.45, 7) is 0.283. The van der Waals surface area contributed by atoms with Crippen LogP contribution in [0, 0.1) is 0 Å². The van der Waals surface area contributed by atoms with Gasteiger partial charge in [0.15, 0.2) is 15.6 Å². The van der Waals surface area contributed by atoms with Crippen molar-refractivity contribution < 1.29 is 22.4 Å². The molecule has 1 aromatic heterocycles. The van der Waals surface area contributed by atoms with Crippen molar-refractivity contribution in [3.05, 3.63) is 35.1 Å². The minimum Gasteiger partial charge on any atom is -0.453 e. The minimum absolute atomic E-state index is 0.107. The number of carbonyl (C=O) groups is 1. The Morgan fingerprint density at radius 1 is 1.56 bits per heavy atom. The molecule has 0 spiro atoms. The molecular weight excluding hydrogens is 258 g/mol. The van der Waals surface area contributed by atoms with E-state index in [-0.39, 0.29) is 18.1 Å². The van der Waals surface area contributed by atoms with Crippen molar-refractivity contribution in [2.75, 3.05) is 12.9 Å². The Bertz CT molecular complexity index is 572. The van der Waals surface area contributed by atoms with E-state index in [2.05, 4.69) is 5.32 Å². The van der Waals surface area contributed by atoms with Gasteiger partial charge in [-0.1, -0.05) is 0 Å². The molecule has 0 aromatic carbocycles. The maximum atomic E-state index is 11.8. The zero-order valence-corrected chi connectivity index (χ0v) is 10.6. The molecule has 0 bridgehead atoms. The third-order valence-electron chi connectivity index (χ3n) is 2.42. The molecule has 2 rings (SSSR count). The van der Waals surface area contributed by atoms with Crippen LogP contribution < -0.4 is 5.32 Å². The van der Waals surface area contributed by atoms with Crippen molar-refractivity contribution in [3.8, 4) is 0 Å². The Kier molecular flexibility index (Phi) is 3.53. The first-order valence-electron chi connectivity index (χ1n) is 5.29. The Morgan fingerprint density at radius 2 is 2.33 bits per heavy atom. The molecule has 7 heteroatoms. The van der Waals surface area contributed by atoms with Gasteiger partial charge < -0.3 is 14.5 Å². The van der Waals surface area contributed by atoms with E-state index in [0.717, 1.165) is 5.41 Å². The topological polar surface area (TPSA) is 85.6 Å². The highest BCUT2D eigenvalue weighted by molar-refractivity contribution is 7.94. The van der Waals surface area contributed by atoms with Crippen LogP contribution in [0.2, 0.25) is 0 Å². The third-order valence-corrected chi connectivity index (χ3v) is 3.81. The summed E-state index contributed by atoms with van der Waals surface area (Å²) in [6, 6.07) is 2.66. The molecule has 0 aliphatic carbocycles. The van der Waals surface area contributed by atoms with Gasteiger partial charge in [-0.05, 0) is 18.2 Å². The maximum absolute atomic E-state index is 11.8. The molecule has 1 aliphatic rings. The molecule has 98 valence electrons. The predicted molar refractivity (Wildman–Crippen MR) is 63.6 cm³/mol. The Balaban J connectivity index is 1.98. The number of sulfone groups is 1. The summed E-state index contributed by atoms with van der Waals surface area (Å²) < 4.78 is 32.4. The van der Waals surface area contributed by atoms with E-state index in [0.29, 0.717) is 5.76 Å². The standard InChI is InChI=1S/C11H13NO5S/c1-16-6-9-2-3-10(17-9)11(13)12-8-4-5-18(14,15)7-8/h2-5,8H,6-7H2,1H3,(H,12,13)/t8-/m1/s1. The number of furan rings is 1.